The second-order valence-corrected chi connectivity index (χ2v) is 4.14. The molecule has 1 unspecified atom stereocenters. The maximum Gasteiger partial charge on any atom is 0.236 e. The Labute approximate surface area is 103 Å². The Kier molecular flexibility index (Phi) is 5.15. The third-order valence-corrected chi connectivity index (χ3v) is 2.94. The van der Waals surface area contributed by atoms with E-state index in [0.717, 1.165) is 18.7 Å². The Morgan fingerprint density at radius 2 is 2.29 bits per heavy atom. The van der Waals surface area contributed by atoms with Gasteiger partial charge in [-0.25, -0.2) is 0 Å². The van der Waals surface area contributed by atoms with E-state index < -0.39 is 0 Å². The van der Waals surface area contributed by atoms with Crippen molar-refractivity contribution in [2.24, 2.45) is 0 Å². The monoisotopic (exact) mass is 238 g/mol. The van der Waals surface area contributed by atoms with Crippen molar-refractivity contribution in [1.29, 1.82) is 0 Å². The SMILES string of the molecule is CCN(C)C(=O)CNC(C)c1cnn(CC)c1. The molecule has 1 N–H and O–H groups in total. The number of nitrogens with one attached hydrogen (secondary N) is 1. The van der Waals surface area contributed by atoms with Crippen molar-refractivity contribution in [1.82, 2.24) is 20.0 Å². The molecule has 17 heavy (non-hydrogen) atoms. The maximum atomic E-state index is 11.6. The minimum absolute atomic E-state index is 0.113. The Morgan fingerprint density at radius 3 is 2.82 bits per heavy atom. The molecule has 0 bridgehead atoms. The summed E-state index contributed by atoms with van der Waals surface area (Å²) in [6.07, 6.45) is 3.85. The predicted molar refractivity (Wildman–Crippen MR) is 67.6 cm³/mol. The van der Waals surface area contributed by atoms with Gasteiger partial charge in [-0.3, -0.25) is 9.48 Å². The van der Waals surface area contributed by atoms with E-state index in [0.29, 0.717) is 6.54 Å². The van der Waals surface area contributed by atoms with Crippen LogP contribution in [0.3, 0.4) is 0 Å². The molecule has 1 amide bonds. The van der Waals surface area contributed by atoms with E-state index in [9.17, 15) is 4.79 Å². The third-order valence-electron chi connectivity index (χ3n) is 2.94. The fourth-order valence-electron chi connectivity index (χ4n) is 1.45. The molecule has 0 radical (unpaired) electrons. The van der Waals surface area contributed by atoms with Gasteiger partial charge in [0.1, 0.15) is 0 Å². The van der Waals surface area contributed by atoms with Crippen molar-refractivity contribution >= 4 is 5.91 Å². The largest absolute Gasteiger partial charge is 0.345 e. The van der Waals surface area contributed by atoms with Crippen molar-refractivity contribution in [3.63, 3.8) is 0 Å². The van der Waals surface area contributed by atoms with Crippen molar-refractivity contribution in [2.45, 2.75) is 33.4 Å². The standard InChI is InChI=1S/C12H22N4O/c1-5-15(4)12(17)8-13-10(3)11-7-14-16(6-2)9-11/h7,9-10,13H,5-6,8H2,1-4H3. The molecule has 5 heteroatoms. The minimum atomic E-state index is 0.113. The van der Waals surface area contributed by atoms with E-state index in [1.807, 2.05) is 38.0 Å². The highest BCUT2D eigenvalue weighted by molar-refractivity contribution is 5.77. The summed E-state index contributed by atoms with van der Waals surface area (Å²) in [4.78, 5) is 13.3. The lowest BCUT2D eigenvalue weighted by Crippen LogP contribution is -2.36. The lowest BCUT2D eigenvalue weighted by molar-refractivity contribution is -0.128. The lowest BCUT2D eigenvalue weighted by Gasteiger charge is -2.17. The van der Waals surface area contributed by atoms with Crippen molar-refractivity contribution in [2.75, 3.05) is 20.1 Å². The topological polar surface area (TPSA) is 50.2 Å². The highest BCUT2D eigenvalue weighted by Gasteiger charge is 2.11. The molecule has 1 rings (SSSR count). The molecule has 5 nitrogen and oxygen atoms in total. The summed E-state index contributed by atoms with van der Waals surface area (Å²) in [7, 11) is 1.81. The molecule has 0 saturated carbocycles. The third kappa shape index (κ3) is 3.85. The first-order valence-corrected chi connectivity index (χ1v) is 6.08. The first-order chi connectivity index (χ1) is 8.08. The molecule has 1 heterocycles. The molecule has 0 aromatic carbocycles. The number of aromatic nitrogens is 2. The van der Waals surface area contributed by atoms with E-state index in [2.05, 4.69) is 17.3 Å². The van der Waals surface area contributed by atoms with Gasteiger partial charge in [0.2, 0.25) is 5.91 Å². The van der Waals surface area contributed by atoms with Gasteiger partial charge in [0.25, 0.3) is 0 Å². The molecule has 1 aromatic heterocycles. The number of likely N-dealkylation sites (N-methyl/N-ethyl adjacent to an activating group) is 1. The number of rotatable bonds is 6. The van der Waals surface area contributed by atoms with Gasteiger partial charge in [-0.05, 0) is 20.8 Å². The molecular formula is C12H22N4O. The van der Waals surface area contributed by atoms with Crippen LogP contribution in [0.1, 0.15) is 32.4 Å². The van der Waals surface area contributed by atoms with Gasteiger partial charge in [0.15, 0.2) is 0 Å². The second kappa shape index (κ2) is 6.39. The Morgan fingerprint density at radius 1 is 1.59 bits per heavy atom. The van der Waals surface area contributed by atoms with Crippen LogP contribution in [0.2, 0.25) is 0 Å². The van der Waals surface area contributed by atoms with Crippen LogP contribution >= 0.6 is 0 Å². The van der Waals surface area contributed by atoms with Crippen LogP contribution in [0.25, 0.3) is 0 Å². The van der Waals surface area contributed by atoms with E-state index in [4.69, 9.17) is 0 Å². The van der Waals surface area contributed by atoms with Crippen LogP contribution in [0.5, 0.6) is 0 Å². The molecular weight excluding hydrogens is 216 g/mol. The fourth-order valence-corrected chi connectivity index (χ4v) is 1.45. The molecule has 1 aromatic rings. The first-order valence-electron chi connectivity index (χ1n) is 6.08. The summed E-state index contributed by atoms with van der Waals surface area (Å²) in [5.74, 6) is 0.113. The van der Waals surface area contributed by atoms with Gasteiger partial charge >= 0.3 is 0 Å². The van der Waals surface area contributed by atoms with Crippen LogP contribution < -0.4 is 5.32 Å². The Hall–Kier alpha value is -1.36. The van der Waals surface area contributed by atoms with E-state index in [1.54, 1.807) is 4.90 Å². The molecule has 1 atom stereocenters. The van der Waals surface area contributed by atoms with E-state index in [1.165, 1.54) is 0 Å². The highest BCUT2D eigenvalue weighted by Crippen LogP contribution is 2.10. The van der Waals surface area contributed by atoms with E-state index in [-0.39, 0.29) is 11.9 Å². The van der Waals surface area contributed by atoms with Crippen LogP contribution in [-0.4, -0.2) is 40.7 Å². The Bertz CT molecular complexity index is 361. The zero-order valence-corrected chi connectivity index (χ0v) is 11.1. The van der Waals surface area contributed by atoms with Gasteiger partial charge in [0.05, 0.1) is 12.7 Å². The quantitative estimate of drug-likeness (QED) is 0.805. The summed E-state index contributed by atoms with van der Waals surface area (Å²) in [5, 5.41) is 7.42. The van der Waals surface area contributed by atoms with Gasteiger partial charge in [0, 0.05) is 37.9 Å². The first kappa shape index (κ1) is 13.7. The average Bonchev–Trinajstić information content (AvgIpc) is 2.83. The van der Waals surface area contributed by atoms with Gasteiger partial charge < -0.3 is 10.2 Å². The number of carbonyl (C=O) groups is 1. The number of nitrogens with zero attached hydrogens (tertiary/aromatic N) is 3. The fraction of sp³-hybridized carbons (Fsp3) is 0.667. The molecule has 0 fully saturated rings. The number of hydrogen-bond acceptors (Lipinski definition) is 3. The van der Waals surface area contributed by atoms with Gasteiger partial charge in [-0.15, -0.1) is 0 Å². The highest BCUT2D eigenvalue weighted by atomic mass is 16.2. The van der Waals surface area contributed by atoms with Crippen LogP contribution in [0, 0.1) is 0 Å². The Balaban J connectivity index is 2.44. The number of aryl methyl sites for hydroxylation is 1. The predicted octanol–water partition coefficient (Wildman–Crippen LogP) is 1.03. The summed E-state index contributed by atoms with van der Waals surface area (Å²) in [5.41, 5.74) is 1.11. The molecule has 0 aliphatic rings. The van der Waals surface area contributed by atoms with Crippen molar-refractivity contribution in [3.05, 3.63) is 18.0 Å². The zero-order chi connectivity index (χ0) is 12.8. The zero-order valence-electron chi connectivity index (χ0n) is 11.1. The molecule has 0 spiro atoms. The summed E-state index contributed by atoms with van der Waals surface area (Å²) >= 11 is 0. The molecule has 0 saturated heterocycles. The molecule has 0 aliphatic heterocycles. The van der Waals surface area contributed by atoms with Crippen LogP contribution in [-0.2, 0) is 11.3 Å². The molecule has 0 aliphatic carbocycles. The lowest BCUT2D eigenvalue weighted by atomic mass is 10.2. The number of hydrogen-bond donors (Lipinski definition) is 1. The van der Waals surface area contributed by atoms with Gasteiger partial charge in [-0.2, -0.15) is 5.10 Å². The maximum absolute atomic E-state index is 11.6. The van der Waals surface area contributed by atoms with E-state index >= 15 is 0 Å². The average molecular weight is 238 g/mol. The summed E-state index contributed by atoms with van der Waals surface area (Å²) in [6.45, 7) is 8.02. The summed E-state index contributed by atoms with van der Waals surface area (Å²) in [6, 6.07) is 0.143. The van der Waals surface area contributed by atoms with Crippen LogP contribution in [0.4, 0.5) is 0 Å². The van der Waals surface area contributed by atoms with Crippen LogP contribution in [0.15, 0.2) is 12.4 Å². The number of carbonyl (C=O) groups excluding carboxylic acids is 1. The van der Waals surface area contributed by atoms with Crippen molar-refractivity contribution in [3.8, 4) is 0 Å². The number of amides is 1. The second-order valence-electron chi connectivity index (χ2n) is 4.14. The smallest absolute Gasteiger partial charge is 0.236 e. The molecule has 96 valence electrons. The van der Waals surface area contributed by atoms with Gasteiger partial charge in [-0.1, -0.05) is 0 Å². The normalized spacial score (nSPS) is 12.5. The van der Waals surface area contributed by atoms with Crippen molar-refractivity contribution < 1.29 is 4.79 Å². The minimum Gasteiger partial charge on any atom is -0.345 e. The summed E-state index contributed by atoms with van der Waals surface area (Å²) < 4.78 is 1.88.